The topological polar surface area (TPSA) is 51.0 Å². The summed E-state index contributed by atoms with van der Waals surface area (Å²) in [7, 11) is 0. The van der Waals surface area contributed by atoms with Gasteiger partial charge in [-0.15, -0.1) is 6.58 Å². The van der Waals surface area contributed by atoms with Crippen molar-refractivity contribution >= 4 is 6.21 Å². The van der Waals surface area contributed by atoms with Crippen molar-refractivity contribution in [3.63, 3.8) is 0 Å². The van der Waals surface area contributed by atoms with Crippen molar-refractivity contribution in [3.8, 4) is 11.3 Å². The third-order valence-corrected chi connectivity index (χ3v) is 3.14. The first-order valence-electron chi connectivity index (χ1n) is 6.20. The molecule has 0 spiro atoms. The molecule has 0 fully saturated rings. The number of aryl methyl sites for hydroxylation is 1. The third-order valence-electron chi connectivity index (χ3n) is 3.14. The van der Waals surface area contributed by atoms with Crippen molar-refractivity contribution < 1.29 is 0 Å². The zero-order valence-corrected chi connectivity index (χ0v) is 10.8. The van der Waals surface area contributed by atoms with E-state index in [4.69, 9.17) is 4.98 Å². The lowest BCUT2D eigenvalue weighted by atomic mass is 10.0. The van der Waals surface area contributed by atoms with Crippen LogP contribution in [-0.4, -0.2) is 21.2 Å². The highest BCUT2D eigenvalue weighted by atomic mass is 14.9. The second kappa shape index (κ2) is 4.72. The molecule has 4 heteroatoms. The molecule has 0 saturated carbocycles. The van der Waals surface area contributed by atoms with Crippen molar-refractivity contribution in [2.45, 2.75) is 19.9 Å². The van der Waals surface area contributed by atoms with Gasteiger partial charge in [0.1, 0.15) is 5.82 Å². The highest BCUT2D eigenvalue weighted by Gasteiger charge is 2.15. The van der Waals surface area contributed by atoms with Crippen LogP contribution in [0.3, 0.4) is 0 Å². The van der Waals surface area contributed by atoms with Crippen molar-refractivity contribution in [3.05, 3.63) is 53.8 Å². The standard InChI is InChI=1S/C15H14N4/c1-3-4-14-13-9-16-6-11(13)5-15(19-14)12-7-17-10(2)18-8-12/h3,5-8H,1,4,9H2,2H3. The second-order valence-corrected chi connectivity index (χ2v) is 4.50. The van der Waals surface area contributed by atoms with E-state index in [1.54, 1.807) is 12.4 Å². The van der Waals surface area contributed by atoms with E-state index in [1.807, 2.05) is 25.3 Å². The first-order valence-corrected chi connectivity index (χ1v) is 6.20. The number of pyridine rings is 1. The molecule has 1 aliphatic rings. The van der Waals surface area contributed by atoms with Crippen molar-refractivity contribution in [2.75, 3.05) is 0 Å². The summed E-state index contributed by atoms with van der Waals surface area (Å²) in [6.07, 6.45) is 8.15. The average molecular weight is 250 g/mol. The lowest BCUT2D eigenvalue weighted by Gasteiger charge is -2.08. The quantitative estimate of drug-likeness (QED) is 0.786. The van der Waals surface area contributed by atoms with Gasteiger partial charge in [0.15, 0.2) is 0 Å². The van der Waals surface area contributed by atoms with Crippen LogP contribution >= 0.6 is 0 Å². The van der Waals surface area contributed by atoms with Crippen LogP contribution in [0.5, 0.6) is 0 Å². The van der Waals surface area contributed by atoms with Crippen molar-refractivity contribution in [2.24, 2.45) is 4.99 Å². The van der Waals surface area contributed by atoms with Gasteiger partial charge in [-0.05, 0) is 13.0 Å². The van der Waals surface area contributed by atoms with E-state index >= 15 is 0 Å². The Morgan fingerprint density at radius 3 is 2.84 bits per heavy atom. The first kappa shape index (κ1) is 11.7. The van der Waals surface area contributed by atoms with Crippen LogP contribution in [0.2, 0.25) is 0 Å². The summed E-state index contributed by atoms with van der Waals surface area (Å²) < 4.78 is 0. The molecule has 0 unspecified atom stereocenters. The Morgan fingerprint density at radius 1 is 1.32 bits per heavy atom. The van der Waals surface area contributed by atoms with Crippen LogP contribution in [0.4, 0.5) is 0 Å². The molecule has 0 amide bonds. The lowest BCUT2D eigenvalue weighted by molar-refractivity contribution is 0.998. The van der Waals surface area contributed by atoms with Crippen molar-refractivity contribution in [1.29, 1.82) is 0 Å². The molecule has 4 nitrogen and oxygen atoms in total. The molecule has 0 radical (unpaired) electrons. The summed E-state index contributed by atoms with van der Waals surface area (Å²) in [4.78, 5) is 17.5. The second-order valence-electron chi connectivity index (χ2n) is 4.50. The smallest absolute Gasteiger partial charge is 0.125 e. The van der Waals surface area contributed by atoms with Crippen LogP contribution in [0, 0.1) is 6.92 Å². The largest absolute Gasteiger partial charge is 0.288 e. The van der Waals surface area contributed by atoms with E-state index in [2.05, 4.69) is 21.5 Å². The number of aliphatic imine (C=N–C) groups is 1. The van der Waals surface area contributed by atoms with E-state index in [0.717, 1.165) is 41.3 Å². The van der Waals surface area contributed by atoms with Gasteiger partial charge in [-0.1, -0.05) is 6.08 Å². The number of hydrogen-bond donors (Lipinski definition) is 0. The third kappa shape index (κ3) is 2.17. The SMILES string of the molecule is C=CCc1nc(-c2cnc(C)nc2)cc2c1CN=C2. The molecular formula is C15H14N4. The van der Waals surface area contributed by atoms with Crippen LogP contribution in [0.15, 0.2) is 36.1 Å². The minimum Gasteiger partial charge on any atom is -0.288 e. The summed E-state index contributed by atoms with van der Waals surface area (Å²) in [6.45, 7) is 6.38. The van der Waals surface area contributed by atoms with E-state index in [0.29, 0.717) is 0 Å². The van der Waals surface area contributed by atoms with Gasteiger partial charge in [0.05, 0.1) is 17.9 Å². The monoisotopic (exact) mass is 250 g/mol. The maximum atomic E-state index is 4.70. The number of hydrogen-bond acceptors (Lipinski definition) is 4. The van der Waals surface area contributed by atoms with Gasteiger partial charge in [0.2, 0.25) is 0 Å². The number of aromatic nitrogens is 3. The van der Waals surface area contributed by atoms with Gasteiger partial charge >= 0.3 is 0 Å². The summed E-state index contributed by atoms with van der Waals surface area (Å²) in [5.74, 6) is 0.762. The molecule has 3 heterocycles. The molecule has 0 aromatic carbocycles. The molecule has 0 bridgehead atoms. The molecule has 94 valence electrons. The molecule has 2 aromatic heterocycles. The predicted octanol–water partition coefficient (Wildman–Crippen LogP) is 2.51. The zero-order chi connectivity index (χ0) is 13.2. The first-order chi connectivity index (χ1) is 9.28. The fourth-order valence-corrected chi connectivity index (χ4v) is 2.16. The molecule has 0 saturated heterocycles. The normalized spacial score (nSPS) is 12.5. The predicted molar refractivity (Wildman–Crippen MR) is 75.2 cm³/mol. The Kier molecular flexibility index (Phi) is 2.91. The molecule has 19 heavy (non-hydrogen) atoms. The zero-order valence-electron chi connectivity index (χ0n) is 10.8. The van der Waals surface area contributed by atoms with Crippen molar-refractivity contribution in [1.82, 2.24) is 15.0 Å². The summed E-state index contributed by atoms with van der Waals surface area (Å²) in [5, 5.41) is 0. The molecule has 0 N–H and O–H groups in total. The molecule has 1 aliphatic heterocycles. The van der Waals surface area contributed by atoms with Crippen LogP contribution in [-0.2, 0) is 13.0 Å². The van der Waals surface area contributed by atoms with Gasteiger partial charge in [-0.25, -0.2) is 9.97 Å². The highest BCUT2D eigenvalue weighted by molar-refractivity contribution is 5.86. The summed E-state index contributed by atoms with van der Waals surface area (Å²) in [6, 6.07) is 2.05. The Bertz CT molecular complexity index is 657. The van der Waals surface area contributed by atoms with Crippen LogP contribution in [0.25, 0.3) is 11.3 Å². The fraction of sp³-hybridized carbons (Fsp3) is 0.200. The molecule has 0 atom stereocenters. The maximum Gasteiger partial charge on any atom is 0.125 e. The van der Waals surface area contributed by atoms with E-state index in [-0.39, 0.29) is 0 Å². The Morgan fingerprint density at radius 2 is 2.11 bits per heavy atom. The highest BCUT2D eigenvalue weighted by Crippen LogP contribution is 2.24. The molecule has 0 aliphatic carbocycles. The summed E-state index contributed by atoms with van der Waals surface area (Å²) in [5.41, 5.74) is 5.21. The Balaban J connectivity index is 2.11. The number of nitrogens with zero attached hydrogens (tertiary/aromatic N) is 4. The maximum absolute atomic E-state index is 4.70. The molecular weight excluding hydrogens is 236 g/mol. The minimum atomic E-state index is 0.718. The van der Waals surface area contributed by atoms with E-state index in [9.17, 15) is 0 Å². The summed E-state index contributed by atoms with van der Waals surface area (Å²) >= 11 is 0. The minimum absolute atomic E-state index is 0.718. The average Bonchev–Trinajstić information content (AvgIpc) is 2.88. The van der Waals surface area contributed by atoms with Gasteiger partial charge < -0.3 is 0 Å². The van der Waals surface area contributed by atoms with Crippen LogP contribution < -0.4 is 0 Å². The molecule has 3 rings (SSSR count). The number of fused-ring (bicyclic) bond motifs is 1. The fourth-order valence-electron chi connectivity index (χ4n) is 2.16. The van der Waals surface area contributed by atoms with Gasteiger partial charge in [-0.3, -0.25) is 9.98 Å². The lowest BCUT2D eigenvalue weighted by Crippen LogP contribution is -2.00. The van der Waals surface area contributed by atoms with Gasteiger partial charge in [0, 0.05) is 41.7 Å². The molecule has 2 aromatic rings. The number of allylic oxidation sites excluding steroid dienone is 1. The number of rotatable bonds is 3. The van der Waals surface area contributed by atoms with Gasteiger partial charge in [-0.2, -0.15) is 0 Å². The Labute approximate surface area is 112 Å². The van der Waals surface area contributed by atoms with Crippen LogP contribution in [0.1, 0.15) is 22.6 Å². The van der Waals surface area contributed by atoms with E-state index < -0.39 is 0 Å². The van der Waals surface area contributed by atoms with E-state index in [1.165, 1.54) is 5.56 Å². The van der Waals surface area contributed by atoms with Gasteiger partial charge in [0.25, 0.3) is 0 Å². The Hall–Kier alpha value is -2.36.